The number of ether oxygens (including phenoxy) is 1. The summed E-state index contributed by atoms with van der Waals surface area (Å²) in [5.41, 5.74) is 1.33. The van der Waals surface area contributed by atoms with E-state index in [1.165, 1.54) is 13.2 Å². The summed E-state index contributed by atoms with van der Waals surface area (Å²) < 4.78 is 47.5. The minimum Gasteiger partial charge on any atom is -0.497 e. The van der Waals surface area contributed by atoms with Gasteiger partial charge in [-0.3, -0.25) is 9.78 Å². The Morgan fingerprint density at radius 1 is 1.29 bits per heavy atom. The summed E-state index contributed by atoms with van der Waals surface area (Å²) in [5.74, 6) is 0.122. The average Bonchev–Trinajstić information content (AvgIpc) is 3.21. The summed E-state index contributed by atoms with van der Waals surface area (Å²) in [6.45, 7) is 0.192. The topological polar surface area (TPSA) is 81.1 Å². The first-order chi connectivity index (χ1) is 14.8. The van der Waals surface area contributed by atoms with E-state index in [9.17, 15) is 18.0 Å². The number of hydrogen-bond acceptors (Lipinski definition) is 5. The molecule has 0 fully saturated rings. The Hall–Kier alpha value is -3.56. The fourth-order valence-corrected chi connectivity index (χ4v) is 3.54. The van der Waals surface area contributed by atoms with Crippen molar-refractivity contribution in [2.45, 2.75) is 31.2 Å². The van der Waals surface area contributed by atoms with Crippen LogP contribution in [0.25, 0.3) is 0 Å². The van der Waals surface area contributed by atoms with Gasteiger partial charge in [0.1, 0.15) is 11.6 Å². The van der Waals surface area contributed by atoms with Crippen molar-refractivity contribution >= 4 is 11.7 Å². The van der Waals surface area contributed by atoms with Crippen molar-refractivity contribution < 1.29 is 22.7 Å². The monoisotopic (exact) mass is 431 g/mol. The van der Waals surface area contributed by atoms with E-state index in [4.69, 9.17) is 4.74 Å². The van der Waals surface area contributed by atoms with E-state index < -0.39 is 24.2 Å². The molecule has 0 unspecified atom stereocenters. The van der Waals surface area contributed by atoms with Gasteiger partial charge in [-0.25, -0.2) is 4.68 Å². The number of rotatable bonds is 5. The molecule has 162 valence electrons. The molecule has 2 aromatic heterocycles. The molecule has 0 saturated heterocycles. The van der Waals surface area contributed by atoms with E-state index in [0.29, 0.717) is 11.3 Å². The van der Waals surface area contributed by atoms with Crippen molar-refractivity contribution in [3.63, 3.8) is 0 Å². The van der Waals surface area contributed by atoms with Crippen LogP contribution in [-0.2, 0) is 6.54 Å². The fourth-order valence-electron chi connectivity index (χ4n) is 3.54. The Balaban J connectivity index is 1.59. The van der Waals surface area contributed by atoms with Gasteiger partial charge in [0.25, 0.3) is 5.91 Å². The third kappa shape index (κ3) is 4.47. The SMILES string of the molecule is COc1cccc([C@@H]2C[C@H](C(F)(F)F)n3nc(C(=O)NCc4cccnc4)cc3N2)c1. The molecule has 2 atom stereocenters. The Labute approximate surface area is 176 Å². The van der Waals surface area contributed by atoms with Crippen molar-refractivity contribution in [1.29, 1.82) is 0 Å². The number of amides is 1. The lowest BCUT2D eigenvalue weighted by molar-refractivity contribution is -0.173. The van der Waals surface area contributed by atoms with Crippen LogP contribution < -0.4 is 15.4 Å². The molecule has 1 amide bonds. The number of carbonyl (C=O) groups is 1. The molecule has 7 nitrogen and oxygen atoms in total. The van der Waals surface area contributed by atoms with Crippen LogP contribution in [0.3, 0.4) is 0 Å². The second kappa shape index (κ2) is 8.29. The van der Waals surface area contributed by atoms with Crippen LogP contribution in [0.5, 0.6) is 5.75 Å². The van der Waals surface area contributed by atoms with Crippen LogP contribution in [-0.4, -0.2) is 34.0 Å². The van der Waals surface area contributed by atoms with Gasteiger partial charge in [-0.15, -0.1) is 0 Å². The van der Waals surface area contributed by atoms with Crippen LogP contribution in [0.2, 0.25) is 0 Å². The molecule has 10 heteroatoms. The van der Waals surface area contributed by atoms with Gasteiger partial charge in [0.05, 0.1) is 13.2 Å². The van der Waals surface area contributed by atoms with E-state index >= 15 is 0 Å². The molecule has 2 N–H and O–H groups in total. The molecule has 1 aliphatic rings. The second-order valence-corrected chi connectivity index (χ2v) is 7.17. The van der Waals surface area contributed by atoms with E-state index in [1.54, 1.807) is 48.8 Å². The molecule has 0 bridgehead atoms. The molecule has 1 aliphatic heterocycles. The molecular formula is C21H20F3N5O2. The van der Waals surface area contributed by atoms with Gasteiger partial charge in [0, 0.05) is 31.4 Å². The Morgan fingerprint density at radius 3 is 2.84 bits per heavy atom. The number of alkyl halides is 3. The lowest BCUT2D eigenvalue weighted by atomic mass is 9.97. The van der Waals surface area contributed by atoms with Crippen molar-refractivity contribution in [2.24, 2.45) is 0 Å². The lowest BCUT2D eigenvalue weighted by Crippen LogP contribution is -2.35. The maximum absolute atomic E-state index is 13.8. The number of benzene rings is 1. The van der Waals surface area contributed by atoms with Crippen molar-refractivity contribution in [2.75, 3.05) is 12.4 Å². The second-order valence-electron chi connectivity index (χ2n) is 7.17. The minimum absolute atomic E-state index is 0.0908. The van der Waals surface area contributed by atoms with Crippen molar-refractivity contribution in [3.05, 3.63) is 71.7 Å². The first kappa shape index (κ1) is 20.7. The van der Waals surface area contributed by atoms with Crippen LogP contribution in [0.4, 0.5) is 19.0 Å². The number of anilines is 1. The third-order valence-corrected chi connectivity index (χ3v) is 5.09. The summed E-state index contributed by atoms with van der Waals surface area (Å²) in [6.07, 6.45) is -1.58. The first-order valence-electron chi connectivity index (χ1n) is 9.59. The summed E-state index contributed by atoms with van der Waals surface area (Å²) >= 11 is 0. The fraction of sp³-hybridized carbons (Fsp3) is 0.286. The standard InChI is InChI=1S/C21H20F3N5O2/c1-31-15-6-2-5-14(8-15)16-9-18(21(22,23)24)29-19(27-16)10-17(28-29)20(30)26-12-13-4-3-7-25-11-13/h2-8,10-11,16,18,27H,9,12H2,1H3,(H,26,30)/t16-,18+/m0/s1. The number of methoxy groups -OCH3 is 1. The highest BCUT2D eigenvalue weighted by Gasteiger charge is 2.46. The Bertz CT molecular complexity index is 1070. The minimum atomic E-state index is -4.52. The molecule has 0 radical (unpaired) electrons. The average molecular weight is 431 g/mol. The number of nitrogens with zero attached hydrogens (tertiary/aromatic N) is 3. The normalized spacial score (nSPS) is 18.1. The Kier molecular flexibility index (Phi) is 5.53. The molecular weight excluding hydrogens is 411 g/mol. The number of aromatic nitrogens is 3. The lowest BCUT2D eigenvalue weighted by Gasteiger charge is -2.33. The predicted molar refractivity (Wildman–Crippen MR) is 107 cm³/mol. The first-order valence-corrected chi connectivity index (χ1v) is 9.59. The largest absolute Gasteiger partial charge is 0.497 e. The number of nitrogens with one attached hydrogen (secondary N) is 2. The highest BCUT2D eigenvalue weighted by molar-refractivity contribution is 5.93. The number of fused-ring (bicyclic) bond motifs is 1. The van der Waals surface area contributed by atoms with Gasteiger partial charge >= 0.3 is 6.18 Å². The molecule has 3 heterocycles. The number of halogens is 3. The maximum Gasteiger partial charge on any atom is 0.410 e. The van der Waals surface area contributed by atoms with Gasteiger partial charge in [-0.1, -0.05) is 18.2 Å². The van der Waals surface area contributed by atoms with Gasteiger partial charge in [-0.2, -0.15) is 18.3 Å². The van der Waals surface area contributed by atoms with Gasteiger partial charge in [0.15, 0.2) is 11.7 Å². The molecule has 1 aromatic carbocycles. The van der Waals surface area contributed by atoms with Crippen molar-refractivity contribution in [3.8, 4) is 5.75 Å². The van der Waals surface area contributed by atoms with E-state index in [1.807, 2.05) is 0 Å². The van der Waals surface area contributed by atoms with Crippen molar-refractivity contribution in [1.82, 2.24) is 20.1 Å². The zero-order valence-electron chi connectivity index (χ0n) is 16.6. The zero-order valence-corrected chi connectivity index (χ0v) is 16.6. The molecule has 0 saturated carbocycles. The molecule has 0 aliphatic carbocycles. The van der Waals surface area contributed by atoms with Gasteiger partial charge in [-0.05, 0) is 29.3 Å². The van der Waals surface area contributed by atoms with Crippen LogP contribution in [0.15, 0.2) is 54.9 Å². The smallest absolute Gasteiger partial charge is 0.410 e. The quantitative estimate of drug-likeness (QED) is 0.641. The van der Waals surface area contributed by atoms with E-state index in [0.717, 1.165) is 10.2 Å². The third-order valence-electron chi connectivity index (χ3n) is 5.09. The Morgan fingerprint density at radius 2 is 2.13 bits per heavy atom. The summed E-state index contributed by atoms with van der Waals surface area (Å²) in [6, 6.07) is 9.25. The highest BCUT2D eigenvalue weighted by atomic mass is 19.4. The summed E-state index contributed by atoms with van der Waals surface area (Å²) in [5, 5.41) is 9.68. The summed E-state index contributed by atoms with van der Waals surface area (Å²) in [4.78, 5) is 16.5. The molecule has 4 rings (SSSR count). The summed E-state index contributed by atoms with van der Waals surface area (Å²) in [7, 11) is 1.50. The number of carbonyl (C=O) groups excluding carboxylic acids is 1. The van der Waals surface area contributed by atoms with Crippen LogP contribution >= 0.6 is 0 Å². The molecule has 0 spiro atoms. The van der Waals surface area contributed by atoms with Crippen LogP contribution in [0.1, 0.15) is 40.1 Å². The molecule has 31 heavy (non-hydrogen) atoms. The van der Waals surface area contributed by atoms with E-state index in [2.05, 4.69) is 20.7 Å². The number of pyridine rings is 1. The van der Waals surface area contributed by atoms with Gasteiger partial charge < -0.3 is 15.4 Å². The highest BCUT2D eigenvalue weighted by Crippen LogP contribution is 2.43. The zero-order chi connectivity index (χ0) is 22.0. The van der Waals surface area contributed by atoms with Crippen LogP contribution in [0, 0.1) is 0 Å². The van der Waals surface area contributed by atoms with E-state index in [-0.39, 0.29) is 24.5 Å². The molecule has 3 aromatic rings. The van der Waals surface area contributed by atoms with Gasteiger partial charge in [0.2, 0.25) is 0 Å². The maximum atomic E-state index is 13.8. The predicted octanol–water partition coefficient (Wildman–Crippen LogP) is 3.88. The number of hydrogen-bond donors (Lipinski definition) is 2.